The van der Waals surface area contributed by atoms with Gasteiger partial charge in [0.15, 0.2) is 0 Å². The van der Waals surface area contributed by atoms with E-state index in [0.717, 1.165) is 6.42 Å². The van der Waals surface area contributed by atoms with Gasteiger partial charge in [0.25, 0.3) is 0 Å². The number of hydrogen-bond acceptors (Lipinski definition) is 2. The van der Waals surface area contributed by atoms with Gasteiger partial charge in [-0.2, -0.15) is 0 Å². The third-order valence-electron chi connectivity index (χ3n) is 6.21. The van der Waals surface area contributed by atoms with Gasteiger partial charge in [0.1, 0.15) is 6.04 Å². The van der Waals surface area contributed by atoms with Crippen molar-refractivity contribution in [2.75, 3.05) is 6.54 Å². The molecular formula is C23H27N3O2. The van der Waals surface area contributed by atoms with E-state index < -0.39 is 12.1 Å². The molecule has 0 radical (unpaired) electrons. The monoisotopic (exact) mass is 377 g/mol. The fraction of sp³-hybridized carbons (Fsp3) is 0.391. The van der Waals surface area contributed by atoms with E-state index >= 15 is 0 Å². The largest absolute Gasteiger partial charge is 0.354 e. The molecule has 0 aliphatic heterocycles. The third-order valence-corrected chi connectivity index (χ3v) is 6.21. The number of fused-ring (bicyclic) bond motifs is 1. The summed E-state index contributed by atoms with van der Waals surface area (Å²) in [6.45, 7) is 4.39. The van der Waals surface area contributed by atoms with Crippen molar-refractivity contribution in [3.8, 4) is 0 Å². The normalized spacial score (nSPS) is 22.9. The van der Waals surface area contributed by atoms with Gasteiger partial charge in [-0.1, -0.05) is 62.4 Å². The minimum atomic E-state index is -0.673. The van der Waals surface area contributed by atoms with Crippen molar-refractivity contribution in [2.24, 2.45) is 17.6 Å². The number of amides is 3. The third kappa shape index (κ3) is 3.15. The topological polar surface area (TPSA) is 84.2 Å². The quantitative estimate of drug-likeness (QED) is 0.748. The minimum absolute atomic E-state index is 0.0308. The summed E-state index contributed by atoms with van der Waals surface area (Å²) in [5, 5.41) is 5.64. The Labute approximate surface area is 165 Å². The highest BCUT2D eigenvalue weighted by molar-refractivity contribution is 5.86. The molecule has 0 fully saturated rings. The Morgan fingerprint density at radius 2 is 1.54 bits per heavy atom. The van der Waals surface area contributed by atoms with Crippen LogP contribution in [-0.2, 0) is 4.79 Å². The SMILES string of the molecule is CC(C)C(NC(N)=O)C(=O)NCC1CC2c3ccccc3C1c1ccccc12. The average Bonchev–Trinajstić information content (AvgIpc) is 2.70. The Morgan fingerprint density at radius 3 is 2.04 bits per heavy atom. The van der Waals surface area contributed by atoms with Crippen molar-refractivity contribution < 1.29 is 9.59 Å². The number of carbonyl (C=O) groups excluding carboxylic acids is 2. The molecule has 0 saturated heterocycles. The minimum Gasteiger partial charge on any atom is -0.354 e. The van der Waals surface area contributed by atoms with Crippen molar-refractivity contribution in [2.45, 2.75) is 38.1 Å². The first kappa shape index (κ1) is 18.5. The number of nitrogens with two attached hydrogens (primary N) is 1. The van der Waals surface area contributed by atoms with Crippen LogP contribution in [0.2, 0.25) is 0 Å². The number of hydrogen-bond donors (Lipinski definition) is 3. The summed E-state index contributed by atoms with van der Waals surface area (Å²) < 4.78 is 0. The summed E-state index contributed by atoms with van der Waals surface area (Å²) in [7, 11) is 0. The molecular weight excluding hydrogens is 350 g/mol. The van der Waals surface area contributed by atoms with Gasteiger partial charge in [-0.05, 0) is 40.5 Å². The lowest BCUT2D eigenvalue weighted by molar-refractivity contribution is -0.124. The lowest BCUT2D eigenvalue weighted by atomic mass is 9.59. The molecule has 2 atom stereocenters. The molecule has 4 N–H and O–H groups in total. The van der Waals surface area contributed by atoms with E-state index in [1.54, 1.807) is 0 Å². The molecule has 3 aliphatic carbocycles. The molecule has 2 aromatic rings. The Kier molecular flexibility index (Phi) is 4.84. The van der Waals surface area contributed by atoms with Crippen LogP contribution in [0.3, 0.4) is 0 Å². The first-order valence-corrected chi connectivity index (χ1v) is 9.98. The van der Waals surface area contributed by atoms with Crippen LogP contribution >= 0.6 is 0 Å². The number of benzene rings is 2. The zero-order valence-corrected chi connectivity index (χ0v) is 16.3. The highest BCUT2D eigenvalue weighted by Crippen LogP contribution is 2.55. The second kappa shape index (κ2) is 7.30. The van der Waals surface area contributed by atoms with E-state index in [4.69, 9.17) is 5.73 Å². The summed E-state index contributed by atoms with van der Waals surface area (Å²) in [5.41, 5.74) is 10.8. The summed E-state index contributed by atoms with van der Waals surface area (Å²) in [5.74, 6) is 0.803. The predicted molar refractivity (Wildman–Crippen MR) is 109 cm³/mol. The highest BCUT2D eigenvalue weighted by Gasteiger charge is 2.43. The zero-order chi connectivity index (χ0) is 19.8. The first-order chi connectivity index (χ1) is 13.5. The second-order valence-electron chi connectivity index (χ2n) is 8.26. The average molecular weight is 377 g/mol. The fourth-order valence-electron chi connectivity index (χ4n) is 4.99. The van der Waals surface area contributed by atoms with Crippen molar-refractivity contribution in [1.82, 2.24) is 10.6 Å². The standard InChI is InChI=1S/C23H27N3O2/c1-13(2)21(26-23(24)28)22(27)25-12-14-11-19-15-7-3-5-9-17(15)20(14)18-10-6-4-8-16(18)19/h3-10,13-14,19-21H,11-12H2,1-2H3,(H,25,27)(H3,24,26,28). The van der Waals surface area contributed by atoms with Gasteiger partial charge < -0.3 is 16.4 Å². The van der Waals surface area contributed by atoms with Crippen LogP contribution in [0, 0.1) is 11.8 Å². The van der Waals surface area contributed by atoms with Crippen LogP contribution < -0.4 is 16.4 Å². The molecule has 0 saturated carbocycles. The van der Waals surface area contributed by atoms with E-state index in [1.165, 1.54) is 22.3 Å². The van der Waals surface area contributed by atoms with Gasteiger partial charge >= 0.3 is 6.03 Å². The van der Waals surface area contributed by atoms with E-state index in [2.05, 4.69) is 59.2 Å². The van der Waals surface area contributed by atoms with Crippen LogP contribution in [0.15, 0.2) is 48.5 Å². The van der Waals surface area contributed by atoms with Gasteiger partial charge in [-0.15, -0.1) is 0 Å². The molecule has 0 spiro atoms. The maximum atomic E-state index is 12.7. The molecule has 2 aromatic carbocycles. The summed E-state index contributed by atoms with van der Waals surface area (Å²) in [4.78, 5) is 23.9. The van der Waals surface area contributed by atoms with E-state index in [-0.39, 0.29) is 11.8 Å². The predicted octanol–water partition coefficient (Wildman–Crippen LogP) is 3.09. The lowest BCUT2D eigenvalue weighted by Gasteiger charge is -2.45. The number of carbonyl (C=O) groups is 2. The number of rotatable bonds is 5. The molecule has 3 aliphatic rings. The van der Waals surface area contributed by atoms with Crippen LogP contribution in [0.1, 0.15) is 54.4 Å². The smallest absolute Gasteiger partial charge is 0.312 e. The number of nitrogens with one attached hydrogen (secondary N) is 2. The summed E-state index contributed by atoms with van der Waals surface area (Å²) in [6.07, 6.45) is 1.02. The lowest BCUT2D eigenvalue weighted by Crippen LogP contribution is -2.52. The Hall–Kier alpha value is -2.82. The fourth-order valence-corrected chi connectivity index (χ4v) is 4.99. The molecule has 2 unspecified atom stereocenters. The van der Waals surface area contributed by atoms with Crippen molar-refractivity contribution in [3.05, 3.63) is 70.8 Å². The van der Waals surface area contributed by atoms with Crippen molar-refractivity contribution in [3.63, 3.8) is 0 Å². The maximum absolute atomic E-state index is 12.7. The van der Waals surface area contributed by atoms with Gasteiger partial charge in [0.05, 0.1) is 0 Å². The van der Waals surface area contributed by atoms with E-state index in [0.29, 0.717) is 24.3 Å². The van der Waals surface area contributed by atoms with Gasteiger partial charge in [-0.3, -0.25) is 4.79 Å². The molecule has 5 nitrogen and oxygen atoms in total. The van der Waals surface area contributed by atoms with Crippen LogP contribution in [-0.4, -0.2) is 24.5 Å². The van der Waals surface area contributed by atoms with E-state index in [9.17, 15) is 9.59 Å². The number of urea groups is 1. The summed E-state index contributed by atoms with van der Waals surface area (Å²) >= 11 is 0. The molecule has 146 valence electrons. The molecule has 5 rings (SSSR count). The second-order valence-corrected chi connectivity index (χ2v) is 8.26. The first-order valence-electron chi connectivity index (χ1n) is 9.98. The highest BCUT2D eigenvalue weighted by atomic mass is 16.2. The van der Waals surface area contributed by atoms with Crippen LogP contribution in [0.4, 0.5) is 4.79 Å². The summed E-state index contributed by atoms with van der Waals surface area (Å²) in [6, 6.07) is 16.1. The number of primary amides is 1. The van der Waals surface area contributed by atoms with Gasteiger partial charge in [0, 0.05) is 18.4 Å². The van der Waals surface area contributed by atoms with Crippen LogP contribution in [0.5, 0.6) is 0 Å². The van der Waals surface area contributed by atoms with Gasteiger partial charge in [0.2, 0.25) is 5.91 Å². The Balaban J connectivity index is 1.56. The molecule has 3 amide bonds. The molecule has 2 bridgehead atoms. The zero-order valence-electron chi connectivity index (χ0n) is 16.3. The molecule has 28 heavy (non-hydrogen) atoms. The van der Waals surface area contributed by atoms with Crippen LogP contribution in [0.25, 0.3) is 0 Å². The Bertz CT molecular complexity index is 861. The van der Waals surface area contributed by atoms with Gasteiger partial charge in [-0.25, -0.2) is 4.79 Å². The van der Waals surface area contributed by atoms with Crippen molar-refractivity contribution >= 4 is 11.9 Å². The maximum Gasteiger partial charge on any atom is 0.312 e. The molecule has 0 aromatic heterocycles. The molecule has 5 heteroatoms. The molecule has 0 heterocycles. The Morgan fingerprint density at radius 1 is 1.00 bits per heavy atom. The van der Waals surface area contributed by atoms with E-state index in [1.807, 2.05) is 13.8 Å². The van der Waals surface area contributed by atoms with Crippen molar-refractivity contribution in [1.29, 1.82) is 0 Å².